The Bertz CT molecular complexity index is 67.4. The maximum absolute atomic E-state index is 5.41. The van der Waals surface area contributed by atoms with E-state index in [1.165, 1.54) is 0 Å². The van der Waals surface area contributed by atoms with Crippen molar-refractivity contribution < 1.29 is 4.43 Å². The van der Waals surface area contributed by atoms with E-state index in [1.807, 2.05) is 13.0 Å². The van der Waals surface area contributed by atoms with Gasteiger partial charge in [-0.15, -0.1) is 17.7 Å². The predicted octanol–water partition coefficient (Wildman–Crippen LogP) is 1.21. The Hall–Kier alpha value is 0.207. The van der Waals surface area contributed by atoms with Crippen molar-refractivity contribution in [3.05, 3.63) is 12.7 Å². The molecule has 1 nitrogen and oxygen atoms in total. The Balaban J connectivity index is 3.03. The van der Waals surface area contributed by atoms with Crippen molar-refractivity contribution >= 4 is 20.2 Å². The van der Waals surface area contributed by atoms with E-state index in [-0.39, 0.29) is 6.10 Å². The average molecular weight is 151 g/mol. The van der Waals surface area contributed by atoms with Gasteiger partial charge in [-0.1, -0.05) is 6.08 Å². The van der Waals surface area contributed by atoms with Crippen LogP contribution in [0.15, 0.2) is 12.7 Å². The molecule has 0 aliphatic rings. The second kappa shape index (κ2) is 5.35. The van der Waals surface area contributed by atoms with E-state index in [4.69, 9.17) is 15.5 Å². The monoisotopic (exact) mass is 150 g/mol. The zero-order valence-corrected chi connectivity index (χ0v) is 7.23. The summed E-state index contributed by atoms with van der Waals surface area (Å²) in [6.07, 6.45) is 3.02. The molecule has 3 heteroatoms. The molecular weight excluding hydrogens is 140 g/mol. The molecule has 0 aliphatic heterocycles. The third-order valence-electron chi connectivity index (χ3n) is 0.846. The van der Waals surface area contributed by atoms with Crippen LogP contribution in [0, 0.1) is 0 Å². The molecule has 0 saturated heterocycles. The molecule has 0 aromatic carbocycles. The second-order valence-corrected chi connectivity index (χ2v) is 2.82. The van der Waals surface area contributed by atoms with Crippen LogP contribution in [0.5, 0.6) is 0 Å². The summed E-state index contributed by atoms with van der Waals surface area (Å²) in [6, 6.07) is 0. The Morgan fingerprint density at radius 3 is 3.00 bits per heavy atom. The number of hydrogen-bond acceptors (Lipinski definition) is 1. The van der Waals surface area contributed by atoms with Gasteiger partial charge in [0.1, 0.15) is 0 Å². The van der Waals surface area contributed by atoms with E-state index in [9.17, 15) is 0 Å². The molecule has 0 aromatic rings. The smallest absolute Gasteiger partial charge is 0.258 e. The lowest BCUT2D eigenvalue weighted by molar-refractivity contribution is 0.244. The van der Waals surface area contributed by atoms with Gasteiger partial charge in [0.25, 0.3) is 9.07 Å². The molecule has 0 radical (unpaired) electrons. The summed E-state index contributed by atoms with van der Waals surface area (Å²) in [5.74, 6) is 0. The molecule has 0 fully saturated rings. The van der Waals surface area contributed by atoms with E-state index in [0.29, 0.717) is 0 Å². The summed E-state index contributed by atoms with van der Waals surface area (Å²) in [4.78, 5) is 0. The third kappa shape index (κ3) is 4.37. The fourth-order valence-corrected chi connectivity index (χ4v) is 1.41. The Morgan fingerprint density at radius 2 is 2.62 bits per heavy atom. The number of halogens is 1. The first-order chi connectivity index (χ1) is 3.81. The Morgan fingerprint density at radius 1 is 2.00 bits per heavy atom. The lowest BCUT2D eigenvalue weighted by atomic mass is 10.3. The fraction of sp³-hybridized carbons (Fsp3) is 0.600. The summed E-state index contributed by atoms with van der Waals surface area (Å²) >= 11 is 5.41. The van der Waals surface area contributed by atoms with E-state index in [2.05, 4.69) is 6.58 Å². The van der Waals surface area contributed by atoms with Crippen LogP contribution in [0.25, 0.3) is 0 Å². The van der Waals surface area contributed by atoms with E-state index >= 15 is 0 Å². The maximum atomic E-state index is 5.41. The van der Waals surface area contributed by atoms with Gasteiger partial charge in [-0.3, -0.25) is 0 Å². The molecule has 0 amide bonds. The molecule has 0 aliphatic carbocycles. The number of hydrogen-bond donors (Lipinski definition) is 0. The van der Waals surface area contributed by atoms with Crippen molar-refractivity contribution in [3.63, 3.8) is 0 Å². The number of rotatable bonds is 4. The Kier molecular flexibility index (Phi) is 5.48. The summed E-state index contributed by atoms with van der Waals surface area (Å²) < 4.78 is 5.12. The zero-order chi connectivity index (χ0) is 6.41. The van der Waals surface area contributed by atoms with Gasteiger partial charge in [-0.05, 0) is 13.3 Å². The zero-order valence-electron chi connectivity index (χ0n) is 5.06. The van der Waals surface area contributed by atoms with Gasteiger partial charge in [-0.2, -0.15) is 0 Å². The van der Waals surface area contributed by atoms with Crippen molar-refractivity contribution in [1.82, 2.24) is 0 Å². The van der Waals surface area contributed by atoms with Crippen molar-refractivity contribution in [2.45, 2.75) is 19.4 Å². The molecule has 0 bridgehead atoms. The minimum absolute atomic E-state index is 0.275. The minimum atomic E-state index is -0.729. The molecule has 0 rings (SSSR count). The highest BCUT2D eigenvalue weighted by atomic mass is 35.6. The molecule has 0 heterocycles. The molecule has 1 atom stereocenters. The van der Waals surface area contributed by atoms with Crippen molar-refractivity contribution in [2.75, 3.05) is 0 Å². The topological polar surface area (TPSA) is 9.23 Å². The summed E-state index contributed by atoms with van der Waals surface area (Å²) in [7, 11) is -0.729. The maximum Gasteiger partial charge on any atom is 0.258 e. The van der Waals surface area contributed by atoms with Crippen LogP contribution < -0.4 is 0 Å². The molecule has 0 spiro atoms. The van der Waals surface area contributed by atoms with Gasteiger partial charge in [-0.25, -0.2) is 0 Å². The largest absolute Gasteiger partial charge is 0.405 e. The normalized spacial score (nSPS) is 14.8. The molecule has 0 aromatic heterocycles. The van der Waals surface area contributed by atoms with Crippen LogP contribution in [0.2, 0.25) is 0 Å². The first-order valence-corrected chi connectivity index (χ1v) is 5.31. The average Bonchev–Trinajstić information content (AvgIpc) is 1.68. The quantitative estimate of drug-likeness (QED) is 0.333. The second-order valence-electron chi connectivity index (χ2n) is 1.61. The lowest BCUT2D eigenvalue weighted by Crippen LogP contribution is -2.06. The highest BCUT2D eigenvalue weighted by molar-refractivity contribution is 6.89. The van der Waals surface area contributed by atoms with E-state index < -0.39 is 9.07 Å². The molecular formula is C5H11ClOSi. The van der Waals surface area contributed by atoms with Gasteiger partial charge in [0, 0.05) is 6.10 Å². The van der Waals surface area contributed by atoms with Gasteiger partial charge in [0.05, 0.1) is 0 Å². The third-order valence-corrected chi connectivity index (χ3v) is 1.92. The molecule has 1 unspecified atom stereocenters. The summed E-state index contributed by atoms with van der Waals surface area (Å²) in [5, 5.41) is 0. The summed E-state index contributed by atoms with van der Waals surface area (Å²) in [6.45, 7) is 5.57. The Labute approximate surface area is 57.3 Å². The van der Waals surface area contributed by atoms with Gasteiger partial charge >= 0.3 is 0 Å². The SMILES string of the molecule is C=CCC(C)O[SiH2]Cl. The molecule has 8 heavy (non-hydrogen) atoms. The van der Waals surface area contributed by atoms with Crippen molar-refractivity contribution in [2.24, 2.45) is 0 Å². The highest BCUT2D eigenvalue weighted by Gasteiger charge is 1.94. The predicted molar refractivity (Wildman–Crippen MR) is 39.8 cm³/mol. The summed E-state index contributed by atoms with van der Waals surface area (Å²) in [5.41, 5.74) is 0. The minimum Gasteiger partial charge on any atom is -0.405 e. The highest BCUT2D eigenvalue weighted by Crippen LogP contribution is 1.95. The van der Waals surface area contributed by atoms with E-state index in [1.54, 1.807) is 0 Å². The van der Waals surface area contributed by atoms with E-state index in [0.717, 1.165) is 6.42 Å². The van der Waals surface area contributed by atoms with Crippen LogP contribution in [-0.4, -0.2) is 15.2 Å². The van der Waals surface area contributed by atoms with Crippen molar-refractivity contribution in [1.29, 1.82) is 0 Å². The van der Waals surface area contributed by atoms with Gasteiger partial charge in [0.2, 0.25) is 0 Å². The van der Waals surface area contributed by atoms with Crippen LogP contribution in [0.3, 0.4) is 0 Å². The van der Waals surface area contributed by atoms with Gasteiger partial charge in [0.15, 0.2) is 0 Å². The van der Waals surface area contributed by atoms with Gasteiger partial charge < -0.3 is 4.43 Å². The lowest BCUT2D eigenvalue weighted by Gasteiger charge is -2.05. The molecule has 0 saturated carbocycles. The standard InChI is InChI=1S/C5H11ClOSi/c1-3-4-5(2)7-8-6/h3,5H,1,4,8H2,2H3. The van der Waals surface area contributed by atoms with Crippen LogP contribution >= 0.6 is 11.1 Å². The first-order valence-electron chi connectivity index (χ1n) is 2.59. The van der Waals surface area contributed by atoms with Crippen molar-refractivity contribution in [3.8, 4) is 0 Å². The van der Waals surface area contributed by atoms with Crippen LogP contribution in [0.1, 0.15) is 13.3 Å². The first kappa shape index (κ1) is 8.21. The van der Waals surface area contributed by atoms with Crippen LogP contribution in [-0.2, 0) is 4.43 Å². The molecule has 0 N–H and O–H groups in total. The fourth-order valence-electron chi connectivity index (χ4n) is 0.410. The molecule has 48 valence electrons. The van der Waals surface area contributed by atoms with Crippen LogP contribution in [0.4, 0.5) is 0 Å².